The van der Waals surface area contributed by atoms with Crippen molar-refractivity contribution in [1.29, 1.82) is 0 Å². The van der Waals surface area contributed by atoms with Crippen molar-refractivity contribution in [3.63, 3.8) is 0 Å². The molecule has 2 rings (SSSR count). The maximum atomic E-state index is 13.4. The predicted octanol–water partition coefficient (Wildman–Crippen LogP) is 0.819. The number of ether oxygens (including phenoxy) is 1. The molecule has 0 aliphatic carbocycles. The van der Waals surface area contributed by atoms with Gasteiger partial charge >= 0.3 is 5.97 Å². The standard InChI is InChI=1S/C13H13F2NO4/c14-9-1-2-10(15)8(5-9)6-12(17)16-3-4-20-11(7-16)13(18)19/h1-2,5,11H,3-4,6-7H2,(H,18,19)/t11-/m1/s1. The van der Waals surface area contributed by atoms with Gasteiger partial charge in [0.25, 0.3) is 0 Å². The van der Waals surface area contributed by atoms with Gasteiger partial charge in [-0.05, 0) is 18.2 Å². The lowest BCUT2D eigenvalue weighted by Crippen LogP contribution is -2.49. The van der Waals surface area contributed by atoms with Crippen LogP contribution in [0.15, 0.2) is 18.2 Å². The van der Waals surface area contributed by atoms with E-state index in [1.54, 1.807) is 0 Å². The Morgan fingerprint density at radius 1 is 1.40 bits per heavy atom. The molecular weight excluding hydrogens is 272 g/mol. The third-order valence-corrected chi connectivity index (χ3v) is 3.04. The number of carbonyl (C=O) groups is 2. The summed E-state index contributed by atoms with van der Waals surface area (Å²) in [5.74, 6) is -2.90. The fraction of sp³-hybridized carbons (Fsp3) is 0.385. The van der Waals surface area contributed by atoms with Crippen LogP contribution in [0.5, 0.6) is 0 Å². The number of aliphatic carboxylic acids is 1. The lowest BCUT2D eigenvalue weighted by Gasteiger charge is -2.31. The van der Waals surface area contributed by atoms with E-state index in [4.69, 9.17) is 9.84 Å². The first-order valence-electron chi connectivity index (χ1n) is 6.03. The Bertz CT molecular complexity index is 535. The van der Waals surface area contributed by atoms with Gasteiger partial charge in [-0.2, -0.15) is 0 Å². The van der Waals surface area contributed by atoms with Crippen molar-refractivity contribution in [2.75, 3.05) is 19.7 Å². The molecule has 0 aromatic heterocycles. The zero-order valence-corrected chi connectivity index (χ0v) is 10.5. The summed E-state index contributed by atoms with van der Waals surface area (Å²) in [6, 6.07) is 2.89. The van der Waals surface area contributed by atoms with Gasteiger partial charge in [-0.3, -0.25) is 4.79 Å². The largest absolute Gasteiger partial charge is 0.479 e. The highest BCUT2D eigenvalue weighted by Gasteiger charge is 2.29. The minimum Gasteiger partial charge on any atom is -0.479 e. The molecule has 20 heavy (non-hydrogen) atoms. The SMILES string of the molecule is O=C(O)[C@H]1CN(C(=O)Cc2cc(F)ccc2F)CCO1. The zero-order valence-electron chi connectivity index (χ0n) is 10.5. The Balaban J connectivity index is 2.04. The molecule has 1 aromatic carbocycles. The van der Waals surface area contributed by atoms with Gasteiger partial charge in [0.15, 0.2) is 6.10 Å². The Morgan fingerprint density at radius 2 is 2.15 bits per heavy atom. The molecule has 108 valence electrons. The van der Waals surface area contributed by atoms with E-state index in [0.29, 0.717) is 0 Å². The van der Waals surface area contributed by atoms with Crippen LogP contribution in [-0.4, -0.2) is 47.7 Å². The summed E-state index contributed by atoms with van der Waals surface area (Å²) in [4.78, 5) is 24.1. The second-order valence-corrected chi connectivity index (χ2v) is 4.45. The number of hydrogen-bond donors (Lipinski definition) is 1. The second-order valence-electron chi connectivity index (χ2n) is 4.45. The molecule has 1 fully saturated rings. The second kappa shape index (κ2) is 5.96. The molecule has 7 heteroatoms. The fourth-order valence-corrected chi connectivity index (χ4v) is 1.98. The molecule has 5 nitrogen and oxygen atoms in total. The van der Waals surface area contributed by atoms with Gasteiger partial charge in [0.05, 0.1) is 19.6 Å². The van der Waals surface area contributed by atoms with E-state index in [1.165, 1.54) is 4.90 Å². The number of carboxylic acids is 1. The van der Waals surface area contributed by atoms with E-state index in [0.717, 1.165) is 18.2 Å². The minimum atomic E-state index is -1.15. The first kappa shape index (κ1) is 14.4. The monoisotopic (exact) mass is 285 g/mol. The first-order valence-corrected chi connectivity index (χ1v) is 6.03. The predicted molar refractivity (Wildman–Crippen MR) is 64.0 cm³/mol. The Morgan fingerprint density at radius 3 is 2.85 bits per heavy atom. The Labute approximate surface area is 113 Å². The zero-order chi connectivity index (χ0) is 14.7. The number of nitrogens with zero attached hydrogens (tertiary/aromatic N) is 1. The van der Waals surface area contributed by atoms with Crippen molar-refractivity contribution in [3.05, 3.63) is 35.4 Å². The summed E-state index contributed by atoms with van der Waals surface area (Å²) in [5, 5.41) is 8.84. The third-order valence-electron chi connectivity index (χ3n) is 3.04. The highest BCUT2D eigenvalue weighted by Crippen LogP contribution is 2.13. The number of benzene rings is 1. The molecule has 1 heterocycles. The van der Waals surface area contributed by atoms with Crippen LogP contribution >= 0.6 is 0 Å². The maximum Gasteiger partial charge on any atom is 0.334 e. The molecule has 1 aliphatic rings. The van der Waals surface area contributed by atoms with Crippen molar-refractivity contribution in [2.45, 2.75) is 12.5 Å². The average Bonchev–Trinajstić information content (AvgIpc) is 2.43. The van der Waals surface area contributed by atoms with Gasteiger partial charge in [0.1, 0.15) is 11.6 Å². The molecule has 1 N–H and O–H groups in total. The molecule has 0 unspecified atom stereocenters. The molecule has 0 radical (unpaired) electrons. The van der Waals surface area contributed by atoms with Crippen molar-refractivity contribution in [2.24, 2.45) is 0 Å². The molecule has 1 aromatic rings. The summed E-state index contributed by atoms with van der Waals surface area (Å²) >= 11 is 0. The minimum absolute atomic E-state index is 0.0478. The molecule has 1 amide bonds. The average molecular weight is 285 g/mol. The number of carbonyl (C=O) groups excluding carboxylic acids is 1. The van der Waals surface area contributed by atoms with Gasteiger partial charge < -0.3 is 14.7 Å². The smallest absolute Gasteiger partial charge is 0.334 e. The molecule has 0 spiro atoms. The number of hydrogen-bond acceptors (Lipinski definition) is 3. The Hall–Kier alpha value is -2.02. The van der Waals surface area contributed by atoms with Crippen LogP contribution in [0.4, 0.5) is 8.78 Å². The topological polar surface area (TPSA) is 66.8 Å². The fourth-order valence-electron chi connectivity index (χ4n) is 1.98. The van der Waals surface area contributed by atoms with Crippen LogP contribution < -0.4 is 0 Å². The van der Waals surface area contributed by atoms with Crippen LogP contribution in [0.1, 0.15) is 5.56 Å². The Kier molecular flexibility index (Phi) is 4.29. The third kappa shape index (κ3) is 3.30. The molecule has 1 atom stereocenters. The van der Waals surface area contributed by atoms with E-state index in [9.17, 15) is 18.4 Å². The normalized spacial score (nSPS) is 18.9. The summed E-state index contributed by atoms with van der Waals surface area (Å²) in [6.45, 7) is 0.249. The summed E-state index contributed by atoms with van der Waals surface area (Å²) in [7, 11) is 0. The van der Waals surface area contributed by atoms with Crippen LogP contribution in [-0.2, 0) is 20.7 Å². The van der Waals surface area contributed by atoms with Crippen LogP contribution in [0.3, 0.4) is 0 Å². The van der Waals surface area contributed by atoms with E-state index in [-0.39, 0.29) is 31.7 Å². The van der Waals surface area contributed by atoms with Crippen molar-refractivity contribution in [1.82, 2.24) is 4.90 Å². The van der Waals surface area contributed by atoms with Gasteiger partial charge in [-0.15, -0.1) is 0 Å². The quantitative estimate of drug-likeness (QED) is 0.893. The van der Waals surface area contributed by atoms with Crippen molar-refractivity contribution in [3.8, 4) is 0 Å². The van der Waals surface area contributed by atoms with Gasteiger partial charge in [0.2, 0.25) is 5.91 Å². The number of morpholine rings is 1. The number of amides is 1. The molecule has 1 saturated heterocycles. The van der Waals surface area contributed by atoms with Crippen LogP contribution in [0, 0.1) is 11.6 Å². The van der Waals surface area contributed by atoms with E-state index < -0.39 is 29.6 Å². The summed E-state index contributed by atoms with van der Waals surface area (Å²) < 4.78 is 31.4. The first-order chi connectivity index (χ1) is 9.47. The maximum absolute atomic E-state index is 13.4. The molecule has 0 saturated carbocycles. The lowest BCUT2D eigenvalue weighted by molar-refractivity contribution is -0.159. The number of carboxylic acid groups (broad SMARTS) is 1. The number of halogens is 2. The van der Waals surface area contributed by atoms with E-state index in [2.05, 4.69) is 0 Å². The van der Waals surface area contributed by atoms with Crippen LogP contribution in [0.25, 0.3) is 0 Å². The highest BCUT2D eigenvalue weighted by atomic mass is 19.1. The summed E-state index contributed by atoms with van der Waals surface area (Å²) in [5.41, 5.74) is -0.0478. The number of rotatable bonds is 3. The van der Waals surface area contributed by atoms with Crippen molar-refractivity contribution < 1.29 is 28.2 Å². The van der Waals surface area contributed by atoms with E-state index in [1.807, 2.05) is 0 Å². The van der Waals surface area contributed by atoms with Crippen LogP contribution in [0.2, 0.25) is 0 Å². The molecular formula is C13H13F2NO4. The highest BCUT2D eigenvalue weighted by molar-refractivity contribution is 5.80. The van der Waals surface area contributed by atoms with Crippen molar-refractivity contribution >= 4 is 11.9 Å². The molecule has 1 aliphatic heterocycles. The lowest BCUT2D eigenvalue weighted by atomic mass is 10.1. The van der Waals surface area contributed by atoms with Gasteiger partial charge in [-0.25, -0.2) is 13.6 Å². The molecule has 0 bridgehead atoms. The van der Waals surface area contributed by atoms with Gasteiger partial charge in [-0.1, -0.05) is 0 Å². The van der Waals surface area contributed by atoms with E-state index >= 15 is 0 Å². The summed E-state index contributed by atoms with van der Waals surface area (Å²) in [6.07, 6.45) is -1.39. The van der Waals surface area contributed by atoms with Gasteiger partial charge in [0, 0.05) is 12.1 Å².